The fourth-order valence-electron chi connectivity index (χ4n) is 3.00. The number of methoxy groups -OCH3 is 1. The van der Waals surface area contributed by atoms with Crippen molar-refractivity contribution in [2.24, 2.45) is 0 Å². The average Bonchev–Trinajstić information content (AvgIpc) is 2.95. The number of urea groups is 1. The van der Waals surface area contributed by atoms with Gasteiger partial charge in [-0.25, -0.2) is 9.78 Å². The number of ether oxygens (including phenoxy) is 1. The van der Waals surface area contributed by atoms with E-state index in [2.05, 4.69) is 27.8 Å². The van der Waals surface area contributed by atoms with E-state index in [1.165, 1.54) is 11.1 Å². The summed E-state index contributed by atoms with van der Waals surface area (Å²) in [4.78, 5) is 16.0. The van der Waals surface area contributed by atoms with Gasteiger partial charge >= 0.3 is 6.03 Å². The molecule has 0 saturated heterocycles. The van der Waals surface area contributed by atoms with E-state index in [1.807, 2.05) is 12.1 Å². The maximum atomic E-state index is 11.4. The predicted octanol–water partition coefficient (Wildman–Crippen LogP) is 2.20. The molecule has 0 saturated carbocycles. The third-order valence-corrected chi connectivity index (χ3v) is 4.08. The minimum absolute atomic E-state index is 0.144. The number of nitrogens with zero attached hydrogens (tertiary/aromatic N) is 1. The number of benzene rings is 1. The lowest BCUT2D eigenvalue weighted by Gasteiger charge is -2.15. The summed E-state index contributed by atoms with van der Waals surface area (Å²) in [6.07, 6.45) is 2.07. The molecular formula is C16H19N3O2. The lowest BCUT2D eigenvalue weighted by Crippen LogP contribution is -2.35. The zero-order chi connectivity index (χ0) is 14.8. The van der Waals surface area contributed by atoms with Crippen LogP contribution < -0.4 is 15.4 Å². The molecule has 1 aliphatic rings. The van der Waals surface area contributed by atoms with Crippen molar-refractivity contribution < 1.29 is 9.53 Å². The van der Waals surface area contributed by atoms with Crippen LogP contribution in [-0.2, 0) is 6.42 Å². The van der Waals surface area contributed by atoms with Crippen molar-refractivity contribution in [1.82, 2.24) is 15.6 Å². The van der Waals surface area contributed by atoms with Gasteiger partial charge in [0.2, 0.25) is 5.88 Å². The predicted molar refractivity (Wildman–Crippen MR) is 81.8 cm³/mol. The largest absolute Gasteiger partial charge is 0.481 e. The molecule has 0 spiro atoms. The SMILES string of the molecule is CNC(=O)NCC1CCc2ccc3ccc(OC)nc3c21. The lowest BCUT2D eigenvalue weighted by molar-refractivity contribution is 0.242. The van der Waals surface area contributed by atoms with Gasteiger partial charge in [-0.1, -0.05) is 12.1 Å². The van der Waals surface area contributed by atoms with E-state index >= 15 is 0 Å². The number of hydrogen-bond donors (Lipinski definition) is 2. The van der Waals surface area contributed by atoms with E-state index in [1.54, 1.807) is 14.2 Å². The highest BCUT2D eigenvalue weighted by molar-refractivity contribution is 5.85. The highest BCUT2D eigenvalue weighted by atomic mass is 16.5. The molecule has 3 rings (SSSR count). The summed E-state index contributed by atoms with van der Waals surface area (Å²) in [7, 11) is 3.25. The summed E-state index contributed by atoms with van der Waals surface area (Å²) in [5.74, 6) is 0.932. The number of hydrogen-bond acceptors (Lipinski definition) is 3. The molecule has 1 unspecified atom stereocenters. The third-order valence-electron chi connectivity index (χ3n) is 4.08. The first kappa shape index (κ1) is 13.7. The van der Waals surface area contributed by atoms with Gasteiger partial charge in [0.1, 0.15) is 0 Å². The number of carbonyl (C=O) groups excluding carboxylic acids is 1. The number of aryl methyl sites for hydroxylation is 1. The van der Waals surface area contributed by atoms with Gasteiger partial charge in [-0.15, -0.1) is 0 Å². The van der Waals surface area contributed by atoms with Crippen molar-refractivity contribution in [1.29, 1.82) is 0 Å². The topological polar surface area (TPSA) is 63.2 Å². The van der Waals surface area contributed by atoms with E-state index in [9.17, 15) is 4.79 Å². The van der Waals surface area contributed by atoms with Gasteiger partial charge in [-0.05, 0) is 30.0 Å². The summed E-state index contributed by atoms with van der Waals surface area (Å²) >= 11 is 0. The summed E-state index contributed by atoms with van der Waals surface area (Å²) in [5.41, 5.74) is 3.57. The number of pyridine rings is 1. The van der Waals surface area contributed by atoms with Gasteiger partial charge in [-0.3, -0.25) is 0 Å². The van der Waals surface area contributed by atoms with Gasteiger partial charge in [0.05, 0.1) is 12.6 Å². The third kappa shape index (κ3) is 2.51. The van der Waals surface area contributed by atoms with Gasteiger partial charge in [0.15, 0.2) is 0 Å². The van der Waals surface area contributed by atoms with E-state index in [0.29, 0.717) is 18.3 Å². The van der Waals surface area contributed by atoms with Crippen LogP contribution in [0.15, 0.2) is 24.3 Å². The van der Waals surface area contributed by atoms with Crippen LogP contribution in [0.5, 0.6) is 5.88 Å². The van der Waals surface area contributed by atoms with Crippen molar-refractivity contribution in [2.75, 3.05) is 20.7 Å². The van der Waals surface area contributed by atoms with Crippen LogP contribution in [0.2, 0.25) is 0 Å². The van der Waals surface area contributed by atoms with E-state index in [0.717, 1.165) is 23.7 Å². The molecule has 2 N–H and O–H groups in total. The second-order valence-electron chi connectivity index (χ2n) is 5.26. The molecule has 1 heterocycles. The zero-order valence-corrected chi connectivity index (χ0v) is 12.3. The number of rotatable bonds is 3. The van der Waals surface area contributed by atoms with E-state index in [4.69, 9.17) is 4.74 Å². The fourth-order valence-corrected chi connectivity index (χ4v) is 3.00. The normalized spacial score (nSPS) is 16.6. The molecule has 1 aliphatic carbocycles. The second kappa shape index (κ2) is 5.60. The Labute approximate surface area is 123 Å². The Bertz CT molecular complexity index is 685. The summed E-state index contributed by atoms with van der Waals surface area (Å²) in [6, 6.07) is 8.04. The highest BCUT2D eigenvalue weighted by Gasteiger charge is 2.25. The molecule has 2 amide bonds. The Morgan fingerprint density at radius 2 is 2.19 bits per heavy atom. The Balaban J connectivity index is 1.98. The minimum atomic E-state index is -0.144. The maximum Gasteiger partial charge on any atom is 0.314 e. The van der Waals surface area contributed by atoms with Crippen molar-refractivity contribution in [3.63, 3.8) is 0 Å². The molecule has 21 heavy (non-hydrogen) atoms. The van der Waals surface area contributed by atoms with Crippen LogP contribution in [0, 0.1) is 0 Å². The molecule has 1 aromatic carbocycles. The number of fused-ring (bicyclic) bond motifs is 3. The molecule has 1 aromatic heterocycles. The molecule has 0 radical (unpaired) electrons. The smallest absolute Gasteiger partial charge is 0.314 e. The Morgan fingerprint density at radius 1 is 1.38 bits per heavy atom. The Hall–Kier alpha value is -2.30. The monoisotopic (exact) mass is 285 g/mol. The van der Waals surface area contributed by atoms with Crippen molar-refractivity contribution in [2.45, 2.75) is 18.8 Å². The quantitative estimate of drug-likeness (QED) is 0.908. The van der Waals surface area contributed by atoms with Crippen molar-refractivity contribution in [3.8, 4) is 5.88 Å². The molecular weight excluding hydrogens is 266 g/mol. The molecule has 0 aliphatic heterocycles. The number of nitrogens with one attached hydrogen (secondary N) is 2. The standard InChI is InChI=1S/C16H19N3O2/c1-17-16(20)18-9-12-6-4-10-3-5-11-7-8-13(21-2)19-15(11)14(10)12/h3,5,7-8,12H,4,6,9H2,1-2H3,(H2,17,18,20). The maximum absolute atomic E-state index is 11.4. The van der Waals surface area contributed by atoms with Crippen LogP contribution >= 0.6 is 0 Å². The van der Waals surface area contributed by atoms with Crippen molar-refractivity contribution >= 4 is 16.9 Å². The number of aromatic nitrogens is 1. The molecule has 110 valence electrons. The van der Waals surface area contributed by atoms with Gasteiger partial charge in [0.25, 0.3) is 0 Å². The molecule has 0 fully saturated rings. The number of carbonyl (C=O) groups is 1. The Morgan fingerprint density at radius 3 is 2.95 bits per heavy atom. The van der Waals surface area contributed by atoms with Crippen LogP contribution in [0.4, 0.5) is 4.79 Å². The lowest BCUT2D eigenvalue weighted by atomic mass is 9.98. The molecule has 0 bridgehead atoms. The van der Waals surface area contributed by atoms with E-state index < -0.39 is 0 Å². The van der Waals surface area contributed by atoms with Crippen LogP contribution in [-0.4, -0.2) is 31.7 Å². The number of amides is 2. The minimum Gasteiger partial charge on any atom is -0.481 e. The fraction of sp³-hybridized carbons (Fsp3) is 0.375. The zero-order valence-electron chi connectivity index (χ0n) is 12.3. The highest BCUT2D eigenvalue weighted by Crippen LogP contribution is 2.37. The Kier molecular flexibility index (Phi) is 3.64. The molecule has 2 aromatic rings. The average molecular weight is 285 g/mol. The molecule has 5 heteroatoms. The van der Waals surface area contributed by atoms with Crippen LogP contribution in [0.3, 0.4) is 0 Å². The first-order chi connectivity index (χ1) is 10.2. The van der Waals surface area contributed by atoms with Gasteiger partial charge < -0.3 is 15.4 Å². The summed E-state index contributed by atoms with van der Waals surface area (Å²) in [6.45, 7) is 0.630. The van der Waals surface area contributed by atoms with E-state index in [-0.39, 0.29) is 6.03 Å². The first-order valence-corrected chi connectivity index (χ1v) is 7.15. The van der Waals surface area contributed by atoms with Crippen molar-refractivity contribution in [3.05, 3.63) is 35.4 Å². The van der Waals surface area contributed by atoms with Gasteiger partial charge in [-0.2, -0.15) is 0 Å². The first-order valence-electron chi connectivity index (χ1n) is 7.15. The summed E-state index contributed by atoms with van der Waals surface area (Å²) in [5, 5.41) is 6.59. The summed E-state index contributed by atoms with van der Waals surface area (Å²) < 4.78 is 5.24. The molecule has 5 nitrogen and oxygen atoms in total. The van der Waals surface area contributed by atoms with Crippen LogP contribution in [0.25, 0.3) is 10.9 Å². The van der Waals surface area contributed by atoms with Crippen LogP contribution in [0.1, 0.15) is 23.5 Å². The molecule has 1 atom stereocenters. The second-order valence-corrected chi connectivity index (χ2v) is 5.26. The van der Waals surface area contributed by atoms with Gasteiger partial charge in [0, 0.05) is 31.0 Å².